The highest BCUT2D eigenvalue weighted by Gasteiger charge is 2.28. The van der Waals surface area contributed by atoms with Gasteiger partial charge in [-0.2, -0.15) is 5.10 Å². The van der Waals surface area contributed by atoms with Gasteiger partial charge in [0.15, 0.2) is 0 Å². The fraction of sp³-hybridized carbons (Fsp3) is 0.533. The second-order valence-electron chi connectivity index (χ2n) is 5.87. The van der Waals surface area contributed by atoms with E-state index in [0.29, 0.717) is 18.2 Å². The Hall–Kier alpha value is -2.09. The van der Waals surface area contributed by atoms with Crippen LogP contribution in [0.5, 0.6) is 0 Å². The van der Waals surface area contributed by atoms with Crippen molar-refractivity contribution < 1.29 is 8.78 Å². The molecule has 3 rings (SSSR count). The maximum absolute atomic E-state index is 13.0. The topological polar surface area (TPSA) is 50.1 Å². The van der Waals surface area contributed by atoms with E-state index in [-0.39, 0.29) is 5.69 Å². The molecule has 0 aliphatic carbocycles. The van der Waals surface area contributed by atoms with Crippen LogP contribution in [0.2, 0.25) is 0 Å². The molecule has 0 spiro atoms. The van der Waals surface area contributed by atoms with Crippen molar-refractivity contribution in [3.8, 4) is 0 Å². The summed E-state index contributed by atoms with van der Waals surface area (Å²) >= 11 is 0. The van der Waals surface area contributed by atoms with Crippen molar-refractivity contribution in [1.82, 2.24) is 24.6 Å². The smallest absolute Gasteiger partial charge is 0.282 e. The normalized spacial score (nSPS) is 18.7. The number of aromatic nitrogens is 4. The van der Waals surface area contributed by atoms with E-state index >= 15 is 0 Å². The van der Waals surface area contributed by atoms with Crippen LogP contribution in [0.15, 0.2) is 24.8 Å². The fourth-order valence-electron chi connectivity index (χ4n) is 3.05. The minimum absolute atomic E-state index is 0.111. The molecule has 1 fully saturated rings. The number of aryl methyl sites for hydroxylation is 1. The second kappa shape index (κ2) is 6.57. The van der Waals surface area contributed by atoms with Gasteiger partial charge in [-0.15, -0.1) is 0 Å². The third kappa shape index (κ3) is 3.47. The highest BCUT2D eigenvalue weighted by atomic mass is 19.3. The number of rotatable bonds is 5. The molecule has 124 valence electrons. The Morgan fingerprint density at radius 3 is 2.96 bits per heavy atom. The minimum atomic E-state index is -2.53. The molecule has 0 N–H and O–H groups in total. The van der Waals surface area contributed by atoms with E-state index in [1.54, 1.807) is 19.4 Å². The van der Waals surface area contributed by atoms with Crippen molar-refractivity contribution >= 4 is 5.82 Å². The van der Waals surface area contributed by atoms with Crippen LogP contribution in [0.1, 0.15) is 24.1 Å². The summed E-state index contributed by atoms with van der Waals surface area (Å²) in [5.74, 6) is 0.876. The number of nitrogens with zero attached hydrogens (tertiary/aromatic N) is 6. The standard InChI is InChI=1S/C15H20F2N6/c1-21-7-11(14(20-21)15(16)17)8-23-6-4-12(9-23)22(2)13-3-5-18-10-19-13/h3,5,7,10,12,15H,4,6,8-9H2,1-2H3. The zero-order chi connectivity index (χ0) is 16.4. The van der Waals surface area contributed by atoms with Crippen LogP contribution >= 0.6 is 0 Å². The van der Waals surface area contributed by atoms with E-state index < -0.39 is 6.43 Å². The molecule has 6 nitrogen and oxygen atoms in total. The van der Waals surface area contributed by atoms with Crippen molar-refractivity contribution in [2.24, 2.45) is 7.05 Å². The lowest BCUT2D eigenvalue weighted by molar-refractivity contribution is 0.142. The van der Waals surface area contributed by atoms with E-state index in [4.69, 9.17) is 0 Å². The summed E-state index contributed by atoms with van der Waals surface area (Å²) in [6.45, 7) is 2.19. The molecule has 3 heterocycles. The summed E-state index contributed by atoms with van der Waals surface area (Å²) in [6.07, 6.45) is 3.38. The van der Waals surface area contributed by atoms with E-state index in [1.165, 1.54) is 11.0 Å². The third-order valence-electron chi connectivity index (χ3n) is 4.26. The van der Waals surface area contributed by atoms with Gasteiger partial charge >= 0.3 is 0 Å². The van der Waals surface area contributed by atoms with Crippen molar-refractivity contribution in [3.05, 3.63) is 36.0 Å². The van der Waals surface area contributed by atoms with Gasteiger partial charge in [-0.3, -0.25) is 9.58 Å². The molecule has 2 aromatic rings. The monoisotopic (exact) mass is 322 g/mol. The van der Waals surface area contributed by atoms with Gasteiger partial charge in [-0.05, 0) is 12.5 Å². The van der Waals surface area contributed by atoms with Gasteiger partial charge in [0.25, 0.3) is 6.43 Å². The van der Waals surface area contributed by atoms with E-state index in [2.05, 4.69) is 24.9 Å². The first-order valence-electron chi connectivity index (χ1n) is 7.56. The first kappa shape index (κ1) is 15.8. The summed E-state index contributed by atoms with van der Waals surface area (Å²) in [6, 6.07) is 2.19. The summed E-state index contributed by atoms with van der Waals surface area (Å²) in [7, 11) is 3.68. The molecular weight excluding hydrogens is 302 g/mol. The number of hydrogen-bond acceptors (Lipinski definition) is 5. The molecule has 1 aliphatic heterocycles. The van der Waals surface area contributed by atoms with Gasteiger partial charge in [0.05, 0.1) is 0 Å². The van der Waals surface area contributed by atoms with Gasteiger partial charge in [0.2, 0.25) is 0 Å². The Balaban J connectivity index is 1.64. The summed E-state index contributed by atoms with van der Waals surface area (Å²) in [5.41, 5.74) is 0.493. The summed E-state index contributed by atoms with van der Waals surface area (Å²) in [5, 5.41) is 3.87. The van der Waals surface area contributed by atoms with Crippen LogP contribution < -0.4 is 4.90 Å². The molecule has 23 heavy (non-hydrogen) atoms. The summed E-state index contributed by atoms with van der Waals surface area (Å²) < 4.78 is 27.5. The van der Waals surface area contributed by atoms with Crippen LogP contribution in [0.4, 0.5) is 14.6 Å². The lowest BCUT2D eigenvalue weighted by Gasteiger charge is -2.25. The lowest BCUT2D eigenvalue weighted by Crippen LogP contribution is -2.35. The molecule has 1 unspecified atom stereocenters. The van der Waals surface area contributed by atoms with Crippen LogP contribution in [-0.2, 0) is 13.6 Å². The number of hydrogen-bond donors (Lipinski definition) is 0. The quantitative estimate of drug-likeness (QED) is 0.841. The highest BCUT2D eigenvalue weighted by molar-refractivity contribution is 5.37. The average Bonchev–Trinajstić information content (AvgIpc) is 3.14. The number of likely N-dealkylation sites (tertiary alicyclic amines) is 1. The summed E-state index contributed by atoms with van der Waals surface area (Å²) in [4.78, 5) is 12.5. The maximum Gasteiger partial charge on any atom is 0.282 e. The Bertz CT molecular complexity index is 645. The highest BCUT2D eigenvalue weighted by Crippen LogP contribution is 2.25. The Morgan fingerprint density at radius 2 is 2.26 bits per heavy atom. The Morgan fingerprint density at radius 1 is 1.43 bits per heavy atom. The first-order chi connectivity index (χ1) is 11.0. The van der Waals surface area contributed by atoms with Gasteiger partial charge in [0, 0.05) is 57.7 Å². The third-order valence-corrected chi connectivity index (χ3v) is 4.26. The van der Waals surface area contributed by atoms with Crippen LogP contribution in [0.25, 0.3) is 0 Å². The molecule has 1 saturated heterocycles. The molecule has 0 saturated carbocycles. The molecule has 0 radical (unpaired) electrons. The minimum Gasteiger partial charge on any atom is -0.355 e. The average molecular weight is 322 g/mol. The first-order valence-corrected chi connectivity index (χ1v) is 7.56. The molecular formula is C15H20F2N6. The molecule has 2 aromatic heterocycles. The van der Waals surface area contributed by atoms with E-state index in [9.17, 15) is 8.78 Å². The van der Waals surface area contributed by atoms with Crippen molar-refractivity contribution in [1.29, 1.82) is 0 Å². The predicted molar refractivity (Wildman–Crippen MR) is 82.3 cm³/mol. The number of likely N-dealkylation sites (N-methyl/N-ethyl adjacent to an activating group) is 1. The molecule has 0 amide bonds. The number of halogens is 2. The molecule has 8 heteroatoms. The van der Waals surface area contributed by atoms with Crippen molar-refractivity contribution in [2.45, 2.75) is 25.4 Å². The molecule has 1 aliphatic rings. The lowest BCUT2D eigenvalue weighted by atomic mass is 10.2. The second-order valence-corrected chi connectivity index (χ2v) is 5.87. The zero-order valence-electron chi connectivity index (χ0n) is 13.2. The largest absolute Gasteiger partial charge is 0.355 e. The number of alkyl halides is 2. The van der Waals surface area contributed by atoms with Crippen LogP contribution in [0, 0.1) is 0 Å². The van der Waals surface area contributed by atoms with Crippen molar-refractivity contribution in [2.75, 3.05) is 25.0 Å². The fourth-order valence-corrected chi connectivity index (χ4v) is 3.05. The maximum atomic E-state index is 13.0. The van der Waals surface area contributed by atoms with Gasteiger partial charge in [-0.1, -0.05) is 0 Å². The predicted octanol–water partition coefficient (Wildman–Crippen LogP) is 1.86. The van der Waals surface area contributed by atoms with Gasteiger partial charge in [-0.25, -0.2) is 18.7 Å². The van der Waals surface area contributed by atoms with Crippen LogP contribution in [0.3, 0.4) is 0 Å². The number of anilines is 1. The zero-order valence-corrected chi connectivity index (χ0v) is 13.2. The van der Waals surface area contributed by atoms with Crippen LogP contribution in [-0.4, -0.2) is 50.8 Å². The molecule has 0 bridgehead atoms. The van der Waals surface area contributed by atoms with Crippen molar-refractivity contribution in [3.63, 3.8) is 0 Å². The van der Waals surface area contributed by atoms with Gasteiger partial charge < -0.3 is 4.90 Å². The Labute approximate surface area is 133 Å². The van der Waals surface area contributed by atoms with E-state index in [0.717, 1.165) is 25.3 Å². The SMILES string of the molecule is CN(c1ccncn1)C1CCN(Cc2cn(C)nc2C(F)F)C1. The molecule has 1 atom stereocenters. The van der Waals surface area contributed by atoms with E-state index in [1.807, 2.05) is 13.1 Å². The molecule has 0 aromatic carbocycles. The van der Waals surface area contributed by atoms with Gasteiger partial charge in [0.1, 0.15) is 17.8 Å². The Kier molecular flexibility index (Phi) is 4.51.